The SMILES string of the molecule is CCCCCCCCCCCC=O.O=S(=O)(O)O.[Zr]. The van der Waals surface area contributed by atoms with Gasteiger partial charge in [-0.1, -0.05) is 58.3 Å². The summed E-state index contributed by atoms with van der Waals surface area (Å²) in [6.45, 7) is 2.25. The van der Waals surface area contributed by atoms with Gasteiger partial charge < -0.3 is 4.79 Å². The van der Waals surface area contributed by atoms with E-state index in [1.807, 2.05) is 0 Å². The van der Waals surface area contributed by atoms with Crippen LogP contribution >= 0.6 is 0 Å². The second-order valence-corrected chi connectivity index (χ2v) is 5.13. The first-order valence-corrected chi connectivity index (χ1v) is 7.95. The van der Waals surface area contributed by atoms with Crippen LogP contribution < -0.4 is 0 Å². The Hall–Kier alpha value is 0.423. The summed E-state index contributed by atoms with van der Waals surface area (Å²) in [5, 5.41) is 0. The predicted octanol–water partition coefficient (Wildman–Crippen LogP) is 3.45. The van der Waals surface area contributed by atoms with E-state index >= 15 is 0 Å². The molecule has 0 aromatic rings. The molecular formula is C12H26O5SZr. The summed E-state index contributed by atoms with van der Waals surface area (Å²) in [6, 6.07) is 0. The second kappa shape index (κ2) is 18.4. The third kappa shape index (κ3) is 45.7. The van der Waals surface area contributed by atoms with Crippen molar-refractivity contribution < 1.29 is 48.5 Å². The summed E-state index contributed by atoms with van der Waals surface area (Å²) in [5.74, 6) is 0. The first-order chi connectivity index (χ1) is 8.41. The zero-order valence-corrected chi connectivity index (χ0v) is 15.0. The van der Waals surface area contributed by atoms with Gasteiger partial charge in [0.15, 0.2) is 0 Å². The van der Waals surface area contributed by atoms with Crippen LogP contribution in [0.15, 0.2) is 0 Å². The van der Waals surface area contributed by atoms with Crippen LogP contribution in [0.2, 0.25) is 0 Å². The third-order valence-corrected chi connectivity index (χ3v) is 2.43. The van der Waals surface area contributed by atoms with Gasteiger partial charge in [0.2, 0.25) is 0 Å². The Morgan fingerprint density at radius 1 is 0.842 bits per heavy atom. The molecule has 114 valence electrons. The van der Waals surface area contributed by atoms with Crippen LogP contribution in [0.4, 0.5) is 0 Å². The van der Waals surface area contributed by atoms with Crippen molar-refractivity contribution in [2.24, 2.45) is 0 Å². The molecule has 7 heteroatoms. The molecule has 19 heavy (non-hydrogen) atoms. The Balaban J connectivity index is -0.000000366. The minimum Gasteiger partial charge on any atom is -0.303 e. The number of carbonyl (C=O) groups is 1. The zero-order valence-electron chi connectivity index (χ0n) is 11.7. The average Bonchev–Trinajstić information content (AvgIpc) is 2.25. The molecule has 0 saturated carbocycles. The van der Waals surface area contributed by atoms with Crippen LogP contribution in [-0.2, 0) is 41.4 Å². The van der Waals surface area contributed by atoms with Gasteiger partial charge in [-0.25, -0.2) is 0 Å². The monoisotopic (exact) mass is 372 g/mol. The molecule has 0 saturated heterocycles. The van der Waals surface area contributed by atoms with E-state index in [-0.39, 0.29) is 26.2 Å². The van der Waals surface area contributed by atoms with Gasteiger partial charge in [0.1, 0.15) is 6.29 Å². The molecule has 0 spiro atoms. The van der Waals surface area contributed by atoms with Gasteiger partial charge in [0.25, 0.3) is 0 Å². The Bertz CT molecular complexity index is 259. The summed E-state index contributed by atoms with van der Waals surface area (Å²) in [5.41, 5.74) is 0. The van der Waals surface area contributed by atoms with Crippen molar-refractivity contribution in [3.63, 3.8) is 0 Å². The van der Waals surface area contributed by atoms with Crippen LogP contribution in [0.3, 0.4) is 0 Å². The maximum Gasteiger partial charge on any atom is 0.394 e. The number of unbranched alkanes of at least 4 members (excludes halogenated alkanes) is 9. The molecule has 0 aliphatic heterocycles. The van der Waals surface area contributed by atoms with Crippen molar-refractivity contribution in [2.75, 3.05) is 0 Å². The van der Waals surface area contributed by atoms with E-state index in [2.05, 4.69) is 6.92 Å². The van der Waals surface area contributed by atoms with Crippen LogP contribution in [0.5, 0.6) is 0 Å². The maximum atomic E-state index is 10.0. The molecule has 2 N–H and O–H groups in total. The van der Waals surface area contributed by atoms with E-state index in [0.29, 0.717) is 0 Å². The van der Waals surface area contributed by atoms with Gasteiger partial charge in [-0.15, -0.1) is 0 Å². The van der Waals surface area contributed by atoms with Gasteiger partial charge in [0.05, 0.1) is 0 Å². The second-order valence-electron chi connectivity index (χ2n) is 4.23. The van der Waals surface area contributed by atoms with Crippen molar-refractivity contribution >= 4 is 16.7 Å². The molecule has 0 aliphatic carbocycles. The quantitative estimate of drug-likeness (QED) is 0.348. The fourth-order valence-electron chi connectivity index (χ4n) is 1.54. The van der Waals surface area contributed by atoms with Crippen LogP contribution in [0.25, 0.3) is 0 Å². The van der Waals surface area contributed by atoms with Gasteiger partial charge in [-0.3, -0.25) is 9.11 Å². The molecule has 0 fully saturated rings. The molecule has 0 bridgehead atoms. The average molecular weight is 374 g/mol. The summed E-state index contributed by atoms with van der Waals surface area (Å²) in [6.07, 6.45) is 13.7. The van der Waals surface area contributed by atoms with Gasteiger partial charge in [0, 0.05) is 32.6 Å². The van der Waals surface area contributed by atoms with Gasteiger partial charge in [-0.2, -0.15) is 8.42 Å². The molecule has 0 atom stereocenters. The van der Waals surface area contributed by atoms with Crippen molar-refractivity contribution in [2.45, 2.75) is 71.1 Å². The fraction of sp³-hybridized carbons (Fsp3) is 0.917. The van der Waals surface area contributed by atoms with E-state index in [9.17, 15) is 4.79 Å². The van der Waals surface area contributed by atoms with E-state index in [1.54, 1.807) is 0 Å². The minimum atomic E-state index is -4.67. The molecule has 0 amide bonds. The zero-order chi connectivity index (χ0) is 14.3. The van der Waals surface area contributed by atoms with Crippen molar-refractivity contribution in [1.29, 1.82) is 0 Å². The largest absolute Gasteiger partial charge is 0.394 e. The van der Waals surface area contributed by atoms with Crippen molar-refractivity contribution in [3.05, 3.63) is 0 Å². The van der Waals surface area contributed by atoms with E-state index in [1.165, 1.54) is 51.4 Å². The molecule has 0 unspecified atom stereocenters. The Kier molecular flexibility index (Phi) is 23.7. The van der Waals surface area contributed by atoms with Crippen LogP contribution in [0, 0.1) is 0 Å². The third-order valence-electron chi connectivity index (χ3n) is 2.43. The summed E-state index contributed by atoms with van der Waals surface area (Å²) in [4.78, 5) is 10.0. The minimum absolute atomic E-state index is 0. The topological polar surface area (TPSA) is 91.7 Å². The maximum absolute atomic E-state index is 10.0. The first kappa shape index (κ1) is 24.4. The standard InChI is InChI=1S/C12H24O.H2O4S.Zr/c1-2-3-4-5-6-7-8-9-10-11-12-13;1-5(2,3)4;/h12H,2-11H2,1H3;(H2,1,2,3,4);. The van der Waals surface area contributed by atoms with Gasteiger partial charge >= 0.3 is 10.4 Å². The van der Waals surface area contributed by atoms with Crippen LogP contribution in [-0.4, -0.2) is 23.8 Å². The van der Waals surface area contributed by atoms with Crippen molar-refractivity contribution in [1.82, 2.24) is 0 Å². The van der Waals surface area contributed by atoms with E-state index in [4.69, 9.17) is 17.5 Å². The molecule has 0 heterocycles. The fourth-order valence-corrected chi connectivity index (χ4v) is 1.54. The molecular weight excluding hydrogens is 347 g/mol. The Labute approximate surface area is 136 Å². The normalized spacial score (nSPS) is 10.1. The number of rotatable bonds is 10. The molecule has 0 aliphatic rings. The van der Waals surface area contributed by atoms with Gasteiger partial charge in [-0.05, 0) is 6.42 Å². The van der Waals surface area contributed by atoms with E-state index in [0.717, 1.165) is 19.1 Å². The van der Waals surface area contributed by atoms with Crippen molar-refractivity contribution in [3.8, 4) is 0 Å². The number of hydrogen-bond donors (Lipinski definition) is 2. The van der Waals surface area contributed by atoms with Crippen LogP contribution in [0.1, 0.15) is 71.1 Å². The number of carbonyl (C=O) groups excluding carboxylic acids is 1. The number of aldehydes is 1. The molecule has 0 aromatic heterocycles. The predicted molar refractivity (Wildman–Crippen MR) is 72.1 cm³/mol. The molecule has 5 nitrogen and oxygen atoms in total. The summed E-state index contributed by atoms with van der Waals surface area (Å²) >= 11 is 0. The summed E-state index contributed by atoms with van der Waals surface area (Å²) in [7, 11) is -4.67. The smallest absolute Gasteiger partial charge is 0.303 e. The summed E-state index contributed by atoms with van der Waals surface area (Å²) < 4.78 is 31.6. The molecule has 0 radical (unpaired) electrons. The molecule has 0 rings (SSSR count). The number of hydrogen-bond acceptors (Lipinski definition) is 3. The Morgan fingerprint density at radius 2 is 1.16 bits per heavy atom. The molecule has 0 aromatic carbocycles. The van der Waals surface area contributed by atoms with E-state index < -0.39 is 10.4 Å². The Morgan fingerprint density at radius 3 is 1.47 bits per heavy atom. The first-order valence-electron chi connectivity index (χ1n) is 6.55.